The van der Waals surface area contributed by atoms with Crippen molar-refractivity contribution in [1.29, 1.82) is 0 Å². The Bertz CT molecular complexity index is 1140. The molecule has 0 aliphatic carbocycles. The van der Waals surface area contributed by atoms with E-state index in [9.17, 15) is 4.79 Å². The summed E-state index contributed by atoms with van der Waals surface area (Å²) in [6.07, 6.45) is 6.91. The number of hydrogen-bond acceptors (Lipinski definition) is 4. The topological polar surface area (TPSA) is 72.2 Å². The number of hydrogen-bond donors (Lipinski definition) is 1. The molecular formula is C22H16BrN5O. The van der Waals surface area contributed by atoms with Crippen molar-refractivity contribution in [2.45, 2.75) is 0 Å². The Kier molecular flexibility index (Phi) is 5.58. The SMILES string of the molecule is O=C(N/N=C\c1cn(-c2ccccc2)nc1-c1cccnc1)c1ccc(Br)cc1. The number of amides is 1. The third kappa shape index (κ3) is 4.47. The zero-order valence-electron chi connectivity index (χ0n) is 15.2. The Morgan fingerprint density at radius 1 is 1.03 bits per heavy atom. The van der Waals surface area contributed by atoms with E-state index >= 15 is 0 Å². The average Bonchev–Trinajstić information content (AvgIpc) is 3.19. The van der Waals surface area contributed by atoms with E-state index in [-0.39, 0.29) is 5.91 Å². The molecule has 6 nitrogen and oxygen atoms in total. The molecule has 2 aromatic carbocycles. The van der Waals surface area contributed by atoms with E-state index in [0.717, 1.165) is 27.0 Å². The maximum atomic E-state index is 12.3. The van der Waals surface area contributed by atoms with Crippen LogP contribution in [0, 0.1) is 0 Å². The van der Waals surface area contributed by atoms with Gasteiger partial charge in [0.15, 0.2) is 0 Å². The lowest BCUT2D eigenvalue weighted by Crippen LogP contribution is -2.17. The van der Waals surface area contributed by atoms with Crippen molar-refractivity contribution < 1.29 is 4.79 Å². The maximum Gasteiger partial charge on any atom is 0.271 e. The fourth-order valence-corrected chi connectivity index (χ4v) is 3.01. The smallest absolute Gasteiger partial charge is 0.267 e. The van der Waals surface area contributed by atoms with Gasteiger partial charge in [0.25, 0.3) is 5.91 Å². The van der Waals surface area contributed by atoms with Gasteiger partial charge in [0.2, 0.25) is 0 Å². The second kappa shape index (κ2) is 8.62. The van der Waals surface area contributed by atoms with Gasteiger partial charge in [-0.2, -0.15) is 10.2 Å². The van der Waals surface area contributed by atoms with Gasteiger partial charge in [-0.25, -0.2) is 10.1 Å². The molecular weight excluding hydrogens is 430 g/mol. The van der Waals surface area contributed by atoms with E-state index in [0.29, 0.717) is 5.56 Å². The molecule has 0 saturated heterocycles. The summed E-state index contributed by atoms with van der Waals surface area (Å²) in [5, 5.41) is 8.81. The molecule has 0 atom stereocenters. The molecule has 1 N–H and O–H groups in total. The fraction of sp³-hybridized carbons (Fsp3) is 0. The summed E-state index contributed by atoms with van der Waals surface area (Å²) in [6, 6.07) is 20.6. The number of para-hydroxylation sites is 1. The summed E-state index contributed by atoms with van der Waals surface area (Å²) in [6.45, 7) is 0. The van der Waals surface area contributed by atoms with E-state index in [4.69, 9.17) is 0 Å². The van der Waals surface area contributed by atoms with E-state index in [2.05, 4.69) is 36.5 Å². The number of carbonyl (C=O) groups is 1. The zero-order valence-corrected chi connectivity index (χ0v) is 16.8. The highest BCUT2D eigenvalue weighted by Crippen LogP contribution is 2.21. The van der Waals surface area contributed by atoms with Crippen molar-refractivity contribution in [1.82, 2.24) is 20.2 Å². The van der Waals surface area contributed by atoms with Crippen LogP contribution in [0.2, 0.25) is 0 Å². The molecule has 29 heavy (non-hydrogen) atoms. The Hall–Kier alpha value is -3.58. The van der Waals surface area contributed by atoms with Crippen molar-refractivity contribution >= 4 is 28.1 Å². The van der Waals surface area contributed by atoms with Gasteiger partial charge in [0.05, 0.1) is 11.9 Å². The summed E-state index contributed by atoms with van der Waals surface area (Å²) in [5.41, 5.74) is 6.36. The standard InChI is InChI=1S/C22H16BrN5O/c23-19-10-8-16(9-11-19)22(29)26-25-14-18-15-28(20-6-2-1-3-7-20)27-21(18)17-5-4-12-24-13-17/h1-15H,(H,26,29)/b25-14-. The first kappa shape index (κ1) is 18.8. The van der Waals surface area contributed by atoms with Crippen LogP contribution in [0.25, 0.3) is 16.9 Å². The predicted molar refractivity (Wildman–Crippen MR) is 116 cm³/mol. The molecule has 142 valence electrons. The third-order valence-corrected chi connectivity index (χ3v) is 4.70. The summed E-state index contributed by atoms with van der Waals surface area (Å²) < 4.78 is 2.69. The third-order valence-electron chi connectivity index (χ3n) is 4.17. The number of halogens is 1. The first-order chi connectivity index (χ1) is 14.2. The lowest BCUT2D eigenvalue weighted by atomic mass is 10.1. The highest BCUT2D eigenvalue weighted by Gasteiger charge is 2.11. The van der Waals surface area contributed by atoms with Crippen molar-refractivity contribution in [3.8, 4) is 16.9 Å². The van der Waals surface area contributed by atoms with E-state index in [1.165, 1.54) is 0 Å². The molecule has 0 radical (unpaired) electrons. The molecule has 4 aromatic rings. The molecule has 0 bridgehead atoms. The van der Waals surface area contributed by atoms with Crippen molar-refractivity contribution in [2.75, 3.05) is 0 Å². The number of hydrazone groups is 1. The molecule has 0 unspecified atom stereocenters. The van der Waals surface area contributed by atoms with Crippen LogP contribution in [-0.2, 0) is 0 Å². The van der Waals surface area contributed by atoms with Crippen molar-refractivity contribution in [3.63, 3.8) is 0 Å². The summed E-state index contributed by atoms with van der Waals surface area (Å²) >= 11 is 3.35. The molecule has 0 aliphatic heterocycles. The fourth-order valence-electron chi connectivity index (χ4n) is 2.75. The van der Waals surface area contributed by atoms with Gasteiger partial charge in [-0.15, -0.1) is 0 Å². The van der Waals surface area contributed by atoms with Crippen LogP contribution in [-0.4, -0.2) is 26.9 Å². The minimum absolute atomic E-state index is 0.285. The number of rotatable bonds is 5. The Morgan fingerprint density at radius 2 is 1.83 bits per heavy atom. The highest BCUT2D eigenvalue weighted by molar-refractivity contribution is 9.10. The van der Waals surface area contributed by atoms with Crippen LogP contribution < -0.4 is 5.43 Å². The zero-order chi connectivity index (χ0) is 20.1. The van der Waals surface area contributed by atoms with Gasteiger partial charge >= 0.3 is 0 Å². The molecule has 2 heterocycles. The summed E-state index contributed by atoms with van der Waals surface area (Å²) in [4.78, 5) is 16.4. The van der Waals surface area contributed by atoms with E-state index in [1.807, 2.05) is 60.8 Å². The maximum absolute atomic E-state index is 12.3. The van der Waals surface area contributed by atoms with Gasteiger partial charge < -0.3 is 0 Å². The summed E-state index contributed by atoms with van der Waals surface area (Å²) in [5.74, 6) is -0.285. The molecule has 0 spiro atoms. The molecule has 2 aromatic heterocycles. The Morgan fingerprint density at radius 3 is 2.55 bits per heavy atom. The minimum atomic E-state index is -0.285. The molecule has 7 heteroatoms. The number of aromatic nitrogens is 3. The second-order valence-electron chi connectivity index (χ2n) is 6.16. The number of nitrogens with zero attached hydrogens (tertiary/aromatic N) is 4. The van der Waals surface area contributed by atoms with E-state index in [1.54, 1.807) is 35.4 Å². The van der Waals surface area contributed by atoms with E-state index < -0.39 is 0 Å². The lowest BCUT2D eigenvalue weighted by Gasteiger charge is -2.00. The second-order valence-corrected chi connectivity index (χ2v) is 7.08. The molecule has 0 fully saturated rings. The van der Waals surface area contributed by atoms with Crippen LogP contribution in [0.4, 0.5) is 0 Å². The number of nitrogens with one attached hydrogen (secondary N) is 1. The first-order valence-electron chi connectivity index (χ1n) is 8.85. The number of carbonyl (C=O) groups excluding carboxylic acids is 1. The first-order valence-corrected chi connectivity index (χ1v) is 9.64. The molecule has 0 saturated carbocycles. The lowest BCUT2D eigenvalue weighted by molar-refractivity contribution is 0.0955. The van der Waals surface area contributed by atoms with Gasteiger partial charge in [0, 0.05) is 39.8 Å². The number of pyridine rings is 1. The van der Waals surface area contributed by atoms with Crippen molar-refractivity contribution in [3.05, 3.63) is 101 Å². The molecule has 4 rings (SSSR count). The monoisotopic (exact) mass is 445 g/mol. The Labute approximate surface area is 176 Å². The van der Waals surface area contributed by atoms with Gasteiger partial charge in [-0.05, 0) is 48.5 Å². The summed E-state index contributed by atoms with van der Waals surface area (Å²) in [7, 11) is 0. The molecule has 0 aliphatic rings. The quantitative estimate of drug-likeness (QED) is 0.364. The van der Waals surface area contributed by atoms with Crippen LogP contribution in [0.1, 0.15) is 15.9 Å². The van der Waals surface area contributed by atoms with Gasteiger partial charge in [0.1, 0.15) is 5.69 Å². The van der Waals surface area contributed by atoms with Gasteiger partial charge in [-0.1, -0.05) is 34.1 Å². The largest absolute Gasteiger partial charge is 0.271 e. The normalized spacial score (nSPS) is 10.9. The van der Waals surface area contributed by atoms with Gasteiger partial charge in [-0.3, -0.25) is 9.78 Å². The van der Waals surface area contributed by atoms with Crippen LogP contribution in [0.5, 0.6) is 0 Å². The Balaban J connectivity index is 1.61. The van der Waals surface area contributed by atoms with Crippen LogP contribution in [0.15, 0.2) is 94.9 Å². The van der Waals surface area contributed by atoms with Crippen molar-refractivity contribution in [2.24, 2.45) is 5.10 Å². The molecule has 1 amide bonds. The average molecular weight is 446 g/mol. The number of benzene rings is 2. The highest BCUT2D eigenvalue weighted by atomic mass is 79.9. The minimum Gasteiger partial charge on any atom is -0.267 e. The van der Waals surface area contributed by atoms with Crippen LogP contribution in [0.3, 0.4) is 0 Å². The predicted octanol–water partition coefficient (Wildman–Crippen LogP) is 4.46. The van der Waals surface area contributed by atoms with Crippen LogP contribution >= 0.6 is 15.9 Å².